The summed E-state index contributed by atoms with van der Waals surface area (Å²) in [6.45, 7) is 3.90. The predicted octanol–water partition coefficient (Wildman–Crippen LogP) is 2.76. The Hall–Kier alpha value is -2.25. The van der Waals surface area contributed by atoms with E-state index in [-0.39, 0.29) is 12.0 Å². The van der Waals surface area contributed by atoms with E-state index < -0.39 is 0 Å². The van der Waals surface area contributed by atoms with Crippen LogP contribution in [0.15, 0.2) is 29.8 Å². The fraction of sp³-hybridized carbons (Fsp3) is 0.389. The first-order valence-corrected chi connectivity index (χ1v) is 9.34. The number of carbonyl (C=O) groups is 1. The predicted molar refractivity (Wildman–Crippen MR) is 97.0 cm³/mol. The van der Waals surface area contributed by atoms with Crippen LogP contribution in [0.1, 0.15) is 33.8 Å². The van der Waals surface area contributed by atoms with Crippen molar-refractivity contribution in [2.45, 2.75) is 32.4 Å². The summed E-state index contributed by atoms with van der Waals surface area (Å²) in [5.74, 6) is -0.0957. The van der Waals surface area contributed by atoms with E-state index in [0.29, 0.717) is 18.7 Å². The number of thiophene rings is 1. The Kier molecular flexibility index (Phi) is 4.50. The van der Waals surface area contributed by atoms with Crippen LogP contribution in [0.2, 0.25) is 0 Å². The van der Waals surface area contributed by atoms with Gasteiger partial charge in [0.2, 0.25) is 0 Å². The second-order valence-corrected chi connectivity index (χ2v) is 7.31. The van der Waals surface area contributed by atoms with E-state index in [1.54, 1.807) is 17.5 Å². The molecular formula is C18H20N4O2S. The number of amides is 1. The van der Waals surface area contributed by atoms with E-state index in [9.17, 15) is 4.79 Å². The maximum atomic E-state index is 12.7. The largest absolute Gasteiger partial charge is 0.376 e. The molecule has 0 unspecified atom stereocenters. The molecule has 4 rings (SSSR count). The van der Waals surface area contributed by atoms with Gasteiger partial charge in [-0.1, -0.05) is 6.07 Å². The monoisotopic (exact) mass is 356 g/mol. The van der Waals surface area contributed by atoms with Gasteiger partial charge >= 0.3 is 0 Å². The maximum absolute atomic E-state index is 12.7. The van der Waals surface area contributed by atoms with Crippen molar-refractivity contribution in [3.8, 4) is 0 Å². The molecule has 1 saturated heterocycles. The number of hydrogen-bond acceptors (Lipinski definition) is 5. The van der Waals surface area contributed by atoms with Gasteiger partial charge in [-0.05, 0) is 37.3 Å². The average Bonchev–Trinajstić information content (AvgIpc) is 3.35. The SMILES string of the molecule is Cc1cc(C(=O)NC[C@@H]2CCCO2)c2cnn(Cc3cccs3)c2n1. The molecule has 1 aliphatic heterocycles. The van der Waals surface area contributed by atoms with Crippen LogP contribution in [0.3, 0.4) is 0 Å². The van der Waals surface area contributed by atoms with Gasteiger partial charge in [-0.2, -0.15) is 5.10 Å². The lowest BCUT2D eigenvalue weighted by atomic mass is 10.1. The fourth-order valence-corrected chi connectivity index (χ4v) is 3.82. The third kappa shape index (κ3) is 3.43. The number of hydrogen-bond donors (Lipinski definition) is 1. The zero-order valence-electron chi connectivity index (χ0n) is 14.1. The van der Waals surface area contributed by atoms with Gasteiger partial charge in [0.1, 0.15) is 0 Å². The summed E-state index contributed by atoms with van der Waals surface area (Å²) >= 11 is 1.68. The van der Waals surface area contributed by atoms with Crippen LogP contribution in [0.4, 0.5) is 0 Å². The highest BCUT2D eigenvalue weighted by Crippen LogP contribution is 2.20. The first-order valence-electron chi connectivity index (χ1n) is 8.46. The van der Waals surface area contributed by atoms with Crippen LogP contribution in [-0.2, 0) is 11.3 Å². The quantitative estimate of drug-likeness (QED) is 0.763. The lowest BCUT2D eigenvalue weighted by Gasteiger charge is -2.11. The molecule has 1 atom stereocenters. The van der Waals surface area contributed by atoms with Gasteiger partial charge < -0.3 is 10.1 Å². The molecule has 1 amide bonds. The zero-order valence-corrected chi connectivity index (χ0v) is 14.9. The van der Waals surface area contributed by atoms with E-state index in [4.69, 9.17) is 4.74 Å². The molecule has 0 bridgehead atoms. The molecule has 1 aliphatic rings. The summed E-state index contributed by atoms with van der Waals surface area (Å²) in [5.41, 5.74) is 2.18. The van der Waals surface area contributed by atoms with Crippen molar-refractivity contribution in [3.05, 3.63) is 45.9 Å². The second kappa shape index (κ2) is 6.93. The van der Waals surface area contributed by atoms with E-state index in [0.717, 1.165) is 36.2 Å². The van der Waals surface area contributed by atoms with E-state index >= 15 is 0 Å². The standard InChI is InChI=1S/C18H20N4O2S/c1-12-8-15(18(23)19-9-13-4-2-6-24-13)16-10-20-22(17(16)21-12)11-14-5-3-7-25-14/h3,5,7-8,10,13H,2,4,6,9,11H2,1H3,(H,19,23)/t13-/m0/s1. The number of nitrogens with zero attached hydrogens (tertiary/aromatic N) is 3. The molecule has 0 radical (unpaired) electrons. The van der Waals surface area contributed by atoms with Gasteiger partial charge in [0.05, 0.1) is 29.8 Å². The molecule has 0 aromatic carbocycles. The van der Waals surface area contributed by atoms with Gasteiger partial charge in [0, 0.05) is 23.7 Å². The van der Waals surface area contributed by atoms with Crippen molar-refractivity contribution in [1.82, 2.24) is 20.1 Å². The summed E-state index contributed by atoms with van der Waals surface area (Å²) in [6, 6.07) is 5.92. The van der Waals surface area contributed by atoms with Crippen molar-refractivity contribution in [2.75, 3.05) is 13.2 Å². The summed E-state index contributed by atoms with van der Waals surface area (Å²) in [4.78, 5) is 18.5. The van der Waals surface area contributed by atoms with Crippen LogP contribution >= 0.6 is 11.3 Å². The molecule has 6 nitrogen and oxygen atoms in total. The summed E-state index contributed by atoms with van der Waals surface area (Å²) < 4.78 is 7.42. The number of aryl methyl sites for hydroxylation is 1. The summed E-state index contributed by atoms with van der Waals surface area (Å²) in [5, 5.41) is 10.3. The highest BCUT2D eigenvalue weighted by Gasteiger charge is 2.19. The minimum absolute atomic E-state index is 0.0957. The van der Waals surface area contributed by atoms with Gasteiger partial charge in [0.25, 0.3) is 5.91 Å². The lowest BCUT2D eigenvalue weighted by Crippen LogP contribution is -2.32. The molecule has 7 heteroatoms. The minimum Gasteiger partial charge on any atom is -0.376 e. The maximum Gasteiger partial charge on any atom is 0.252 e. The molecule has 3 aromatic heterocycles. The Balaban J connectivity index is 1.60. The normalized spacial score (nSPS) is 17.2. The van der Waals surface area contributed by atoms with Crippen LogP contribution in [0.25, 0.3) is 11.0 Å². The molecule has 1 N–H and O–H groups in total. The second-order valence-electron chi connectivity index (χ2n) is 6.28. The number of nitrogens with one attached hydrogen (secondary N) is 1. The topological polar surface area (TPSA) is 69.0 Å². The fourth-order valence-electron chi connectivity index (χ4n) is 3.13. The third-order valence-electron chi connectivity index (χ3n) is 4.38. The first kappa shape index (κ1) is 16.2. The smallest absolute Gasteiger partial charge is 0.252 e. The van der Waals surface area contributed by atoms with Crippen molar-refractivity contribution < 1.29 is 9.53 Å². The Morgan fingerprint density at radius 2 is 2.44 bits per heavy atom. The lowest BCUT2D eigenvalue weighted by molar-refractivity contribution is 0.0859. The van der Waals surface area contributed by atoms with Crippen molar-refractivity contribution >= 4 is 28.3 Å². The molecule has 25 heavy (non-hydrogen) atoms. The Morgan fingerprint density at radius 3 is 3.20 bits per heavy atom. The number of pyridine rings is 1. The third-order valence-corrected chi connectivity index (χ3v) is 5.24. The molecule has 0 spiro atoms. The van der Waals surface area contributed by atoms with Gasteiger partial charge in [-0.3, -0.25) is 4.79 Å². The Morgan fingerprint density at radius 1 is 1.52 bits per heavy atom. The molecule has 4 heterocycles. The van der Waals surface area contributed by atoms with Crippen LogP contribution < -0.4 is 5.32 Å². The number of ether oxygens (including phenoxy) is 1. The number of fused-ring (bicyclic) bond motifs is 1. The van der Waals surface area contributed by atoms with Crippen molar-refractivity contribution in [3.63, 3.8) is 0 Å². The minimum atomic E-state index is -0.0957. The number of rotatable bonds is 5. The molecule has 0 saturated carbocycles. The molecule has 3 aromatic rings. The van der Waals surface area contributed by atoms with E-state index in [1.165, 1.54) is 4.88 Å². The first-order chi connectivity index (χ1) is 12.2. The van der Waals surface area contributed by atoms with Crippen LogP contribution in [-0.4, -0.2) is 39.9 Å². The number of aromatic nitrogens is 3. The van der Waals surface area contributed by atoms with Crippen molar-refractivity contribution in [1.29, 1.82) is 0 Å². The van der Waals surface area contributed by atoms with E-state index in [1.807, 2.05) is 29.1 Å². The van der Waals surface area contributed by atoms with Crippen LogP contribution in [0.5, 0.6) is 0 Å². The molecule has 130 valence electrons. The van der Waals surface area contributed by atoms with Gasteiger partial charge in [0.15, 0.2) is 5.65 Å². The van der Waals surface area contributed by atoms with Crippen LogP contribution in [0, 0.1) is 6.92 Å². The zero-order chi connectivity index (χ0) is 17.2. The molecule has 0 aliphatic carbocycles. The van der Waals surface area contributed by atoms with Gasteiger partial charge in [-0.15, -0.1) is 11.3 Å². The van der Waals surface area contributed by atoms with Gasteiger partial charge in [-0.25, -0.2) is 9.67 Å². The Labute approximate surface area is 149 Å². The summed E-state index contributed by atoms with van der Waals surface area (Å²) in [6.07, 6.45) is 3.93. The highest BCUT2D eigenvalue weighted by atomic mass is 32.1. The molecule has 1 fully saturated rings. The summed E-state index contributed by atoms with van der Waals surface area (Å²) in [7, 11) is 0. The molecular weight excluding hydrogens is 336 g/mol. The van der Waals surface area contributed by atoms with E-state index in [2.05, 4.69) is 21.5 Å². The number of carbonyl (C=O) groups excluding carboxylic acids is 1. The highest BCUT2D eigenvalue weighted by molar-refractivity contribution is 7.09. The Bertz CT molecular complexity index is 882. The average molecular weight is 356 g/mol. The van der Waals surface area contributed by atoms with Crippen molar-refractivity contribution in [2.24, 2.45) is 0 Å².